The molecule has 0 saturated heterocycles. The molecule has 0 radical (unpaired) electrons. The molecule has 0 aliphatic heterocycles. The summed E-state index contributed by atoms with van der Waals surface area (Å²) >= 11 is 0. The minimum atomic E-state index is 0.698. The molecule has 64 valence electrons. The molecule has 2 rings (SSSR count). The van der Waals surface area contributed by atoms with Crippen LogP contribution in [-0.4, -0.2) is 7.11 Å². The Morgan fingerprint density at radius 1 is 1.42 bits per heavy atom. The van der Waals surface area contributed by atoms with Crippen LogP contribution in [-0.2, 0) is 0 Å². The molecule has 1 aromatic carbocycles. The van der Waals surface area contributed by atoms with Crippen molar-refractivity contribution < 1.29 is 4.74 Å². The second kappa shape index (κ2) is 2.70. The Bertz CT molecular complexity index is 292. The van der Waals surface area contributed by atoms with Crippen LogP contribution in [0, 0.1) is 0 Å². The molecule has 12 heavy (non-hydrogen) atoms. The fourth-order valence-electron chi connectivity index (χ4n) is 1.53. The zero-order chi connectivity index (χ0) is 8.55. The van der Waals surface area contributed by atoms with Crippen molar-refractivity contribution >= 4 is 5.69 Å². The van der Waals surface area contributed by atoms with E-state index in [2.05, 4.69) is 6.07 Å². The zero-order valence-corrected chi connectivity index (χ0v) is 7.21. The lowest BCUT2D eigenvalue weighted by molar-refractivity contribution is 0.412. The van der Waals surface area contributed by atoms with E-state index < -0.39 is 0 Å². The van der Waals surface area contributed by atoms with Crippen molar-refractivity contribution in [1.82, 2.24) is 0 Å². The van der Waals surface area contributed by atoms with Crippen LogP contribution in [0.25, 0.3) is 0 Å². The maximum absolute atomic E-state index is 5.77. The lowest BCUT2D eigenvalue weighted by atomic mass is 10.1. The fourth-order valence-corrected chi connectivity index (χ4v) is 1.53. The van der Waals surface area contributed by atoms with Crippen LogP contribution < -0.4 is 10.5 Å². The summed E-state index contributed by atoms with van der Waals surface area (Å²) in [5.41, 5.74) is 7.80. The van der Waals surface area contributed by atoms with Gasteiger partial charge in [-0.1, -0.05) is 12.1 Å². The van der Waals surface area contributed by atoms with E-state index in [0.717, 1.165) is 11.4 Å². The van der Waals surface area contributed by atoms with E-state index in [0.29, 0.717) is 5.92 Å². The third-order valence-electron chi connectivity index (χ3n) is 2.30. The average molecular weight is 163 g/mol. The molecule has 0 bridgehead atoms. The average Bonchev–Trinajstić information content (AvgIpc) is 2.86. The maximum atomic E-state index is 5.77. The van der Waals surface area contributed by atoms with Gasteiger partial charge in [0.05, 0.1) is 12.8 Å². The number of nitrogen functional groups attached to an aromatic ring is 1. The first-order valence-electron chi connectivity index (χ1n) is 4.25. The molecule has 2 heteroatoms. The lowest BCUT2D eigenvalue weighted by Crippen LogP contribution is -1.95. The minimum Gasteiger partial charge on any atom is -0.494 e. The van der Waals surface area contributed by atoms with Gasteiger partial charge in [0.15, 0.2) is 0 Å². The van der Waals surface area contributed by atoms with Crippen LogP contribution in [0.4, 0.5) is 5.69 Å². The highest BCUT2D eigenvalue weighted by atomic mass is 16.5. The molecule has 0 heterocycles. The molecule has 1 saturated carbocycles. The largest absolute Gasteiger partial charge is 0.494 e. The smallest absolute Gasteiger partial charge is 0.145 e. The molecule has 1 fully saturated rings. The first-order valence-corrected chi connectivity index (χ1v) is 4.25. The van der Waals surface area contributed by atoms with E-state index >= 15 is 0 Å². The molecule has 2 nitrogen and oxygen atoms in total. The number of nitrogens with two attached hydrogens (primary N) is 1. The third-order valence-corrected chi connectivity index (χ3v) is 2.30. The standard InChI is InChI=1S/C10H13NO/c1-12-10-8(7-5-6-7)3-2-4-9(10)11/h2-4,7H,5-6,11H2,1H3. The Morgan fingerprint density at radius 2 is 2.17 bits per heavy atom. The summed E-state index contributed by atoms with van der Waals surface area (Å²) in [6.07, 6.45) is 2.56. The summed E-state index contributed by atoms with van der Waals surface area (Å²) in [5.74, 6) is 1.57. The van der Waals surface area contributed by atoms with Crippen molar-refractivity contribution in [2.45, 2.75) is 18.8 Å². The van der Waals surface area contributed by atoms with E-state index in [1.807, 2.05) is 12.1 Å². The highest BCUT2D eigenvalue weighted by Gasteiger charge is 2.27. The highest BCUT2D eigenvalue weighted by Crippen LogP contribution is 2.45. The van der Waals surface area contributed by atoms with E-state index in [4.69, 9.17) is 10.5 Å². The summed E-state index contributed by atoms with van der Waals surface area (Å²) in [7, 11) is 1.68. The van der Waals surface area contributed by atoms with Crippen LogP contribution in [0.3, 0.4) is 0 Å². The number of hydrogen-bond donors (Lipinski definition) is 1. The fraction of sp³-hybridized carbons (Fsp3) is 0.400. The van der Waals surface area contributed by atoms with Crippen LogP contribution in [0.15, 0.2) is 18.2 Å². The molecule has 2 N–H and O–H groups in total. The van der Waals surface area contributed by atoms with Gasteiger partial charge in [-0.3, -0.25) is 0 Å². The topological polar surface area (TPSA) is 35.2 Å². The number of benzene rings is 1. The van der Waals surface area contributed by atoms with Crippen LogP contribution in [0.2, 0.25) is 0 Å². The van der Waals surface area contributed by atoms with Gasteiger partial charge in [-0.05, 0) is 30.4 Å². The number of methoxy groups -OCH3 is 1. The predicted octanol–water partition coefficient (Wildman–Crippen LogP) is 2.15. The Kier molecular flexibility index (Phi) is 1.68. The normalized spacial score (nSPS) is 16.1. The van der Waals surface area contributed by atoms with Crippen molar-refractivity contribution in [2.24, 2.45) is 0 Å². The molecular formula is C10H13NO. The van der Waals surface area contributed by atoms with Crippen LogP contribution in [0.5, 0.6) is 5.75 Å². The van der Waals surface area contributed by atoms with E-state index in [-0.39, 0.29) is 0 Å². The van der Waals surface area contributed by atoms with E-state index in [1.165, 1.54) is 18.4 Å². The van der Waals surface area contributed by atoms with Gasteiger partial charge < -0.3 is 10.5 Å². The van der Waals surface area contributed by atoms with Gasteiger partial charge in [-0.25, -0.2) is 0 Å². The number of hydrogen-bond acceptors (Lipinski definition) is 2. The third kappa shape index (κ3) is 1.13. The molecule has 0 spiro atoms. The quantitative estimate of drug-likeness (QED) is 0.678. The number of anilines is 1. The van der Waals surface area contributed by atoms with Crippen LogP contribution in [0.1, 0.15) is 24.3 Å². The molecule has 0 amide bonds. The second-order valence-corrected chi connectivity index (χ2v) is 3.24. The maximum Gasteiger partial charge on any atom is 0.145 e. The summed E-state index contributed by atoms with van der Waals surface area (Å²) in [6.45, 7) is 0. The molecule has 0 unspecified atom stereocenters. The molecular weight excluding hydrogens is 150 g/mol. The highest BCUT2D eigenvalue weighted by molar-refractivity contribution is 5.58. The first kappa shape index (κ1) is 7.47. The minimum absolute atomic E-state index is 0.698. The predicted molar refractivity (Wildman–Crippen MR) is 49.4 cm³/mol. The Hall–Kier alpha value is -1.18. The Morgan fingerprint density at radius 3 is 2.75 bits per heavy atom. The van der Waals surface area contributed by atoms with Gasteiger partial charge in [-0.2, -0.15) is 0 Å². The van der Waals surface area contributed by atoms with Crippen LogP contribution >= 0.6 is 0 Å². The van der Waals surface area contributed by atoms with Crippen molar-refractivity contribution in [1.29, 1.82) is 0 Å². The van der Waals surface area contributed by atoms with Gasteiger partial charge in [0.2, 0.25) is 0 Å². The number of para-hydroxylation sites is 1. The van der Waals surface area contributed by atoms with Crippen molar-refractivity contribution in [3.8, 4) is 5.75 Å². The molecule has 1 aromatic rings. The van der Waals surface area contributed by atoms with Gasteiger partial charge in [0, 0.05) is 0 Å². The van der Waals surface area contributed by atoms with Gasteiger partial charge >= 0.3 is 0 Å². The summed E-state index contributed by atoms with van der Waals surface area (Å²) < 4.78 is 5.25. The van der Waals surface area contributed by atoms with Gasteiger partial charge in [-0.15, -0.1) is 0 Å². The number of rotatable bonds is 2. The number of ether oxygens (including phenoxy) is 1. The lowest BCUT2D eigenvalue weighted by Gasteiger charge is -2.09. The van der Waals surface area contributed by atoms with Crippen molar-refractivity contribution in [3.05, 3.63) is 23.8 Å². The van der Waals surface area contributed by atoms with Gasteiger partial charge in [0.1, 0.15) is 5.75 Å². The monoisotopic (exact) mass is 163 g/mol. The zero-order valence-electron chi connectivity index (χ0n) is 7.21. The van der Waals surface area contributed by atoms with E-state index in [1.54, 1.807) is 7.11 Å². The Labute approximate surface area is 72.3 Å². The van der Waals surface area contributed by atoms with Crippen molar-refractivity contribution in [3.63, 3.8) is 0 Å². The SMILES string of the molecule is COc1c(N)cccc1C1CC1. The molecule has 0 aromatic heterocycles. The Balaban J connectivity index is 2.43. The first-order chi connectivity index (χ1) is 5.83. The van der Waals surface area contributed by atoms with E-state index in [9.17, 15) is 0 Å². The molecule has 0 atom stereocenters. The second-order valence-electron chi connectivity index (χ2n) is 3.24. The summed E-state index contributed by atoms with van der Waals surface area (Å²) in [4.78, 5) is 0. The molecule has 1 aliphatic rings. The summed E-state index contributed by atoms with van der Waals surface area (Å²) in [5, 5.41) is 0. The molecule has 1 aliphatic carbocycles. The van der Waals surface area contributed by atoms with Gasteiger partial charge in [0.25, 0.3) is 0 Å². The summed E-state index contributed by atoms with van der Waals surface area (Å²) in [6, 6.07) is 5.98. The van der Waals surface area contributed by atoms with Crippen molar-refractivity contribution in [2.75, 3.05) is 12.8 Å².